The minimum absolute atomic E-state index is 0.183. The van der Waals surface area contributed by atoms with Gasteiger partial charge in [0.25, 0.3) is 0 Å². The van der Waals surface area contributed by atoms with Gasteiger partial charge in [-0.3, -0.25) is 0 Å². The standard InChI is InChI=1S/C6H11FNO4Si/c1-8(2)4-13(3,7)11-5(9)6(10)12-13/h4H2,1-3H3/q-1. The third-order valence-corrected chi connectivity index (χ3v) is 4.24. The van der Waals surface area contributed by atoms with Gasteiger partial charge < -0.3 is 0 Å². The molecule has 0 unspecified atom stereocenters. The molecule has 0 bridgehead atoms. The van der Waals surface area contributed by atoms with E-state index < -0.39 is 20.1 Å². The van der Waals surface area contributed by atoms with Gasteiger partial charge in [0, 0.05) is 0 Å². The first-order chi connectivity index (χ1) is 5.71. The van der Waals surface area contributed by atoms with Gasteiger partial charge in [0.05, 0.1) is 0 Å². The molecule has 0 saturated carbocycles. The Hall–Kier alpha value is -0.953. The summed E-state index contributed by atoms with van der Waals surface area (Å²) < 4.78 is 22.8. The molecule has 0 N–H and O–H groups in total. The number of rotatable bonds is 2. The van der Waals surface area contributed by atoms with Crippen LogP contribution in [0.25, 0.3) is 0 Å². The zero-order chi connectivity index (χ0) is 10.3. The van der Waals surface area contributed by atoms with Crippen molar-refractivity contribution >= 4 is 20.1 Å². The summed E-state index contributed by atoms with van der Waals surface area (Å²) in [6.45, 7) is 1.06. The molecule has 0 aromatic heterocycles. The molecule has 13 heavy (non-hydrogen) atoms. The summed E-state index contributed by atoms with van der Waals surface area (Å²) in [5.41, 5.74) is 0. The van der Waals surface area contributed by atoms with E-state index in [1.165, 1.54) is 4.90 Å². The van der Waals surface area contributed by atoms with Crippen molar-refractivity contribution in [3.63, 3.8) is 0 Å². The van der Waals surface area contributed by atoms with E-state index >= 15 is 0 Å². The van der Waals surface area contributed by atoms with Gasteiger partial charge >= 0.3 is 74.4 Å². The molecule has 0 aromatic carbocycles. The molecule has 0 spiro atoms. The van der Waals surface area contributed by atoms with Crippen molar-refractivity contribution in [2.45, 2.75) is 6.55 Å². The van der Waals surface area contributed by atoms with Gasteiger partial charge in [-0.15, -0.1) is 0 Å². The molecule has 76 valence electrons. The first kappa shape index (κ1) is 10.1. The number of halogens is 1. The molecule has 7 heteroatoms. The van der Waals surface area contributed by atoms with Crippen molar-refractivity contribution in [1.29, 1.82) is 0 Å². The average Bonchev–Trinajstić information content (AvgIpc) is 1.99. The van der Waals surface area contributed by atoms with Crippen molar-refractivity contribution < 1.29 is 22.5 Å². The fraction of sp³-hybridized carbons (Fsp3) is 0.667. The Bertz CT molecular complexity index is 258. The summed E-state index contributed by atoms with van der Waals surface area (Å²) in [7, 11) is -1.57. The van der Waals surface area contributed by atoms with E-state index in [4.69, 9.17) is 0 Å². The Morgan fingerprint density at radius 1 is 1.31 bits per heavy atom. The second-order valence-electron chi connectivity index (χ2n) is 3.63. The molecule has 1 rings (SSSR count). The van der Waals surface area contributed by atoms with E-state index in [2.05, 4.69) is 8.85 Å². The van der Waals surface area contributed by atoms with Gasteiger partial charge in [-0.2, -0.15) is 0 Å². The Labute approximate surface area is 75.2 Å². The SMILES string of the molecule is CN(C)C[Si-]1(C)(F)OC(=O)C(=O)O1. The van der Waals surface area contributed by atoms with Crippen molar-refractivity contribution in [3.05, 3.63) is 0 Å². The van der Waals surface area contributed by atoms with Crippen LogP contribution in [0.1, 0.15) is 0 Å². The van der Waals surface area contributed by atoms with Crippen molar-refractivity contribution in [1.82, 2.24) is 4.90 Å². The average molecular weight is 208 g/mol. The second-order valence-corrected chi connectivity index (χ2v) is 7.57. The minimum atomic E-state index is -4.77. The van der Waals surface area contributed by atoms with Crippen LogP contribution in [0.2, 0.25) is 6.55 Å². The predicted octanol–water partition coefficient (Wildman–Crippen LogP) is -0.321. The van der Waals surface area contributed by atoms with E-state index in [-0.39, 0.29) is 6.17 Å². The van der Waals surface area contributed by atoms with Gasteiger partial charge in [-0.05, 0) is 0 Å². The van der Waals surface area contributed by atoms with Crippen LogP contribution in [0.3, 0.4) is 0 Å². The monoisotopic (exact) mass is 208 g/mol. The van der Waals surface area contributed by atoms with Gasteiger partial charge in [0.15, 0.2) is 0 Å². The molecule has 1 aliphatic heterocycles. The Balaban J connectivity index is 2.87. The Morgan fingerprint density at radius 2 is 1.69 bits per heavy atom. The normalized spacial score (nSPS) is 27.6. The first-order valence-electron chi connectivity index (χ1n) is 3.73. The van der Waals surface area contributed by atoms with Crippen LogP contribution in [0.4, 0.5) is 4.11 Å². The fourth-order valence-corrected chi connectivity index (χ4v) is 3.97. The van der Waals surface area contributed by atoms with Crippen LogP contribution in [-0.4, -0.2) is 45.3 Å². The number of carbonyl (C=O) groups excluding carboxylic acids is 2. The van der Waals surface area contributed by atoms with Crippen molar-refractivity contribution in [2.24, 2.45) is 0 Å². The Kier molecular flexibility index (Phi) is 1.96. The van der Waals surface area contributed by atoms with E-state index in [0.29, 0.717) is 0 Å². The molecule has 0 atom stereocenters. The van der Waals surface area contributed by atoms with Gasteiger partial charge in [0.2, 0.25) is 0 Å². The molecule has 1 heterocycles. The summed E-state index contributed by atoms with van der Waals surface area (Å²) in [6.07, 6.45) is -0.183. The fourth-order valence-electron chi connectivity index (χ4n) is 1.32. The molecule has 0 aliphatic carbocycles. The second kappa shape index (κ2) is 2.52. The van der Waals surface area contributed by atoms with E-state index in [0.717, 1.165) is 6.55 Å². The molecule has 1 fully saturated rings. The maximum absolute atomic E-state index is 14.0. The predicted molar refractivity (Wildman–Crippen MR) is 43.5 cm³/mol. The number of nitrogens with zero attached hydrogens (tertiary/aromatic N) is 1. The van der Waals surface area contributed by atoms with Gasteiger partial charge in [-0.1, -0.05) is 0 Å². The molecule has 1 aliphatic rings. The quantitative estimate of drug-likeness (QED) is 0.353. The third kappa shape index (κ3) is 2.04. The summed E-state index contributed by atoms with van der Waals surface area (Å²) in [6, 6.07) is 0. The van der Waals surface area contributed by atoms with Crippen LogP contribution in [-0.2, 0) is 18.4 Å². The van der Waals surface area contributed by atoms with E-state index in [9.17, 15) is 13.7 Å². The van der Waals surface area contributed by atoms with E-state index in [1.54, 1.807) is 14.1 Å². The van der Waals surface area contributed by atoms with Crippen LogP contribution < -0.4 is 0 Å². The number of carbonyl (C=O) groups is 2. The molecule has 0 aromatic rings. The van der Waals surface area contributed by atoms with Crippen LogP contribution >= 0.6 is 0 Å². The zero-order valence-electron chi connectivity index (χ0n) is 7.67. The van der Waals surface area contributed by atoms with E-state index in [1.807, 2.05) is 0 Å². The van der Waals surface area contributed by atoms with Crippen LogP contribution in [0, 0.1) is 0 Å². The molecule has 0 radical (unpaired) electrons. The molecule has 0 amide bonds. The number of hydrogen-bond acceptors (Lipinski definition) is 5. The molecular formula is C6H11FNO4Si-. The summed E-state index contributed by atoms with van der Waals surface area (Å²) in [4.78, 5) is 22.8. The first-order valence-corrected chi connectivity index (χ1v) is 6.63. The van der Waals surface area contributed by atoms with Gasteiger partial charge in [0.1, 0.15) is 0 Å². The topological polar surface area (TPSA) is 55.8 Å². The van der Waals surface area contributed by atoms with Gasteiger partial charge in [-0.25, -0.2) is 0 Å². The third-order valence-electron chi connectivity index (χ3n) is 1.52. The van der Waals surface area contributed by atoms with Crippen LogP contribution in [0.5, 0.6) is 0 Å². The molecule has 5 nitrogen and oxygen atoms in total. The zero-order valence-corrected chi connectivity index (χ0v) is 8.67. The molecular weight excluding hydrogens is 197 g/mol. The van der Waals surface area contributed by atoms with Crippen molar-refractivity contribution in [3.8, 4) is 0 Å². The molecule has 1 saturated heterocycles. The van der Waals surface area contributed by atoms with Crippen LogP contribution in [0.15, 0.2) is 0 Å². The Morgan fingerprint density at radius 3 is 2.00 bits per heavy atom. The summed E-state index contributed by atoms with van der Waals surface area (Å²) in [5, 5.41) is 0. The summed E-state index contributed by atoms with van der Waals surface area (Å²) in [5.74, 6) is -2.47. The van der Waals surface area contributed by atoms with Crippen molar-refractivity contribution in [2.75, 3.05) is 20.3 Å². The number of hydrogen-bond donors (Lipinski definition) is 0. The summed E-state index contributed by atoms with van der Waals surface area (Å²) >= 11 is 0. The maximum atomic E-state index is 14.0.